The number of fused-ring (bicyclic) bond motifs is 3. The van der Waals surface area contributed by atoms with Gasteiger partial charge in [-0.15, -0.1) is 0 Å². The highest BCUT2D eigenvalue weighted by molar-refractivity contribution is 5.67. The fourth-order valence-corrected chi connectivity index (χ4v) is 3.53. The van der Waals surface area contributed by atoms with Crippen molar-refractivity contribution < 1.29 is 19.3 Å². The molecule has 2 aliphatic rings. The van der Waals surface area contributed by atoms with E-state index in [2.05, 4.69) is 22.9 Å². The fourth-order valence-electron chi connectivity index (χ4n) is 3.53. The van der Waals surface area contributed by atoms with Gasteiger partial charge < -0.3 is 19.3 Å². The maximum absolute atomic E-state index is 12.5. The van der Waals surface area contributed by atoms with E-state index in [4.69, 9.17) is 14.2 Å². The van der Waals surface area contributed by atoms with Gasteiger partial charge in [0.25, 0.3) is 0 Å². The van der Waals surface area contributed by atoms with Crippen LogP contribution in [0, 0.1) is 11.8 Å². The highest BCUT2D eigenvalue weighted by Gasteiger charge is 2.21. The molecule has 1 N–H and O–H groups in total. The summed E-state index contributed by atoms with van der Waals surface area (Å²) in [6, 6.07) is 7.78. The molecule has 1 aromatic carbocycles. The van der Waals surface area contributed by atoms with E-state index in [0.29, 0.717) is 45.3 Å². The lowest BCUT2D eigenvalue weighted by Gasteiger charge is -2.24. The molecule has 0 aliphatic carbocycles. The Labute approximate surface area is 175 Å². The molecule has 30 heavy (non-hydrogen) atoms. The monoisotopic (exact) mass is 410 g/mol. The summed E-state index contributed by atoms with van der Waals surface area (Å²) in [5.74, 6) is 6.43. The van der Waals surface area contributed by atoms with Crippen LogP contribution in [0.2, 0.25) is 0 Å². The SMILES string of the molecule is CC(C)(O)CC#Cc1ccc2c(c1)CCn1c-2cc(OC[C@@H]2COCCO2)nc1=O. The zero-order chi connectivity index (χ0) is 21.1. The third-order valence-corrected chi connectivity index (χ3v) is 5.03. The van der Waals surface area contributed by atoms with Gasteiger partial charge in [0, 0.05) is 30.2 Å². The highest BCUT2D eigenvalue weighted by Crippen LogP contribution is 2.30. The molecule has 0 unspecified atom stereocenters. The minimum absolute atomic E-state index is 0.156. The third kappa shape index (κ3) is 4.90. The van der Waals surface area contributed by atoms with E-state index in [1.165, 1.54) is 0 Å². The van der Waals surface area contributed by atoms with Gasteiger partial charge in [-0.2, -0.15) is 4.98 Å². The van der Waals surface area contributed by atoms with Crippen molar-refractivity contribution in [2.75, 3.05) is 26.4 Å². The standard InChI is InChI=1S/C23H26N2O5/c1-23(2,27)8-3-4-16-5-6-19-17(12-16)7-9-25-20(19)13-21(24-22(25)26)30-15-18-14-28-10-11-29-18/h5-6,12-13,18,27H,7-11,14-15H2,1-2H3/t18-/m0/s1. The van der Waals surface area contributed by atoms with Crippen molar-refractivity contribution in [2.24, 2.45) is 0 Å². The average molecular weight is 410 g/mol. The van der Waals surface area contributed by atoms with Crippen molar-refractivity contribution in [3.63, 3.8) is 0 Å². The minimum atomic E-state index is -0.806. The van der Waals surface area contributed by atoms with Crippen LogP contribution < -0.4 is 10.4 Å². The van der Waals surface area contributed by atoms with Crippen LogP contribution in [-0.4, -0.2) is 52.8 Å². The first-order chi connectivity index (χ1) is 14.4. The Morgan fingerprint density at radius 2 is 2.20 bits per heavy atom. The Bertz CT molecular complexity index is 1040. The van der Waals surface area contributed by atoms with Crippen molar-refractivity contribution in [3.8, 4) is 29.0 Å². The molecular formula is C23H26N2O5. The van der Waals surface area contributed by atoms with E-state index in [-0.39, 0.29) is 11.8 Å². The van der Waals surface area contributed by atoms with Crippen LogP contribution in [0.5, 0.6) is 5.88 Å². The van der Waals surface area contributed by atoms with Gasteiger partial charge >= 0.3 is 5.69 Å². The van der Waals surface area contributed by atoms with Gasteiger partial charge in [-0.1, -0.05) is 17.9 Å². The molecule has 7 heteroatoms. The quantitative estimate of drug-likeness (QED) is 0.774. The fraction of sp³-hybridized carbons (Fsp3) is 0.478. The first-order valence-corrected chi connectivity index (χ1v) is 10.2. The molecule has 0 bridgehead atoms. The summed E-state index contributed by atoms with van der Waals surface area (Å²) in [5.41, 5.74) is 2.68. The number of rotatable bonds is 4. The molecule has 1 saturated heterocycles. The second-order valence-corrected chi connectivity index (χ2v) is 8.21. The number of aryl methyl sites for hydroxylation is 1. The van der Waals surface area contributed by atoms with Gasteiger partial charge in [-0.25, -0.2) is 4.79 Å². The number of benzene rings is 1. The summed E-state index contributed by atoms with van der Waals surface area (Å²) < 4.78 is 18.4. The molecule has 1 fully saturated rings. The highest BCUT2D eigenvalue weighted by atomic mass is 16.6. The number of hydrogen-bond donors (Lipinski definition) is 1. The van der Waals surface area contributed by atoms with Crippen molar-refractivity contribution >= 4 is 0 Å². The Kier molecular flexibility index (Phi) is 5.91. The van der Waals surface area contributed by atoms with E-state index in [1.807, 2.05) is 18.2 Å². The van der Waals surface area contributed by atoms with Crippen molar-refractivity contribution in [1.29, 1.82) is 0 Å². The molecular weight excluding hydrogens is 384 g/mol. The molecule has 4 rings (SSSR count). The second kappa shape index (κ2) is 8.60. The number of aliphatic hydroxyl groups is 1. The molecule has 0 spiro atoms. The lowest BCUT2D eigenvalue weighted by atomic mass is 9.95. The van der Waals surface area contributed by atoms with Crippen LogP contribution >= 0.6 is 0 Å². The van der Waals surface area contributed by atoms with Crippen LogP contribution in [0.4, 0.5) is 0 Å². The predicted molar refractivity (Wildman–Crippen MR) is 111 cm³/mol. The van der Waals surface area contributed by atoms with Gasteiger partial charge in [-0.3, -0.25) is 4.57 Å². The summed E-state index contributed by atoms with van der Waals surface area (Å²) in [5, 5.41) is 9.81. The van der Waals surface area contributed by atoms with E-state index >= 15 is 0 Å². The number of aromatic nitrogens is 2. The summed E-state index contributed by atoms with van der Waals surface area (Å²) >= 11 is 0. The molecule has 7 nitrogen and oxygen atoms in total. The van der Waals surface area contributed by atoms with Crippen LogP contribution in [0.1, 0.15) is 31.4 Å². The molecule has 0 amide bonds. The maximum atomic E-state index is 12.5. The van der Waals surface area contributed by atoms with Gasteiger partial charge in [-0.05, 0) is 38.0 Å². The van der Waals surface area contributed by atoms with Gasteiger partial charge in [0.1, 0.15) is 12.7 Å². The van der Waals surface area contributed by atoms with Crippen LogP contribution in [0.15, 0.2) is 29.1 Å². The largest absolute Gasteiger partial charge is 0.475 e. The Morgan fingerprint density at radius 1 is 1.33 bits per heavy atom. The van der Waals surface area contributed by atoms with E-state index in [0.717, 1.165) is 28.8 Å². The molecule has 3 heterocycles. The summed E-state index contributed by atoms with van der Waals surface area (Å²) in [6.45, 7) is 5.95. The van der Waals surface area contributed by atoms with Crippen LogP contribution in [0.3, 0.4) is 0 Å². The van der Waals surface area contributed by atoms with Gasteiger partial charge in [0.2, 0.25) is 5.88 Å². The molecule has 2 aromatic rings. The zero-order valence-corrected chi connectivity index (χ0v) is 17.3. The molecule has 1 atom stereocenters. The lowest BCUT2D eigenvalue weighted by Crippen LogP contribution is -2.34. The Morgan fingerprint density at radius 3 is 2.97 bits per heavy atom. The van der Waals surface area contributed by atoms with Crippen molar-refractivity contribution in [1.82, 2.24) is 9.55 Å². The van der Waals surface area contributed by atoms with Crippen molar-refractivity contribution in [2.45, 2.75) is 44.9 Å². The number of nitrogens with zero attached hydrogens (tertiary/aromatic N) is 2. The van der Waals surface area contributed by atoms with Crippen LogP contribution in [-0.2, 0) is 22.4 Å². The first-order valence-electron chi connectivity index (χ1n) is 10.2. The average Bonchev–Trinajstić information content (AvgIpc) is 2.72. The molecule has 0 radical (unpaired) electrons. The first kappa shape index (κ1) is 20.6. The molecule has 1 aromatic heterocycles. The second-order valence-electron chi connectivity index (χ2n) is 8.21. The topological polar surface area (TPSA) is 82.8 Å². The lowest BCUT2D eigenvalue weighted by molar-refractivity contribution is -0.102. The molecule has 2 aliphatic heterocycles. The van der Waals surface area contributed by atoms with Gasteiger partial charge in [0.15, 0.2) is 0 Å². The summed E-state index contributed by atoms with van der Waals surface area (Å²) in [4.78, 5) is 16.6. The molecule has 0 saturated carbocycles. The summed E-state index contributed by atoms with van der Waals surface area (Å²) in [7, 11) is 0. The normalized spacial score (nSPS) is 18.0. The van der Waals surface area contributed by atoms with Crippen molar-refractivity contribution in [3.05, 3.63) is 45.9 Å². The predicted octanol–water partition coefficient (Wildman–Crippen LogP) is 1.77. The number of hydrogen-bond acceptors (Lipinski definition) is 6. The Hall–Kier alpha value is -2.66. The Balaban J connectivity index is 1.56. The van der Waals surface area contributed by atoms with Gasteiger partial charge in [0.05, 0.1) is 31.1 Å². The zero-order valence-electron chi connectivity index (χ0n) is 17.3. The van der Waals surface area contributed by atoms with Crippen LogP contribution in [0.25, 0.3) is 11.3 Å². The third-order valence-electron chi connectivity index (χ3n) is 5.03. The van der Waals surface area contributed by atoms with E-state index < -0.39 is 5.60 Å². The molecule has 158 valence electrons. The smallest absolute Gasteiger partial charge is 0.351 e. The van der Waals surface area contributed by atoms with E-state index in [1.54, 1.807) is 18.4 Å². The minimum Gasteiger partial charge on any atom is -0.475 e. The van der Waals surface area contributed by atoms with E-state index in [9.17, 15) is 9.90 Å². The number of ether oxygens (including phenoxy) is 3. The maximum Gasteiger partial charge on any atom is 0.351 e. The summed E-state index contributed by atoms with van der Waals surface area (Å²) in [6.07, 6.45) is 0.986.